The van der Waals surface area contributed by atoms with Crippen LogP contribution in [0.2, 0.25) is 0 Å². The van der Waals surface area contributed by atoms with Crippen LogP contribution in [0.5, 0.6) is 0 Å². The Morgan fingerprint density at radius 1 is 0.929 bits per heavy atom. The van der Waals surface area contributed by atoms with Crippen molar-refractivity contribution in [3.8, 4) is 0 Å². The number of nitrogens with one attached hydrogen (secondary N) is 2. The lowest BCUT2D eigenvalue weighted by atomic mass is 10.1. The molecule has 9 heteroatoms. The number of benzene rings is 2. The van der Waals surface area contributed by atoms with E-state index >= 15 is 0 Å². The minimum absolute atomic E-state index is 0.149. The van der Waals surface area contributed by atoms with Gasteiger partial charge in [0.1, 0.15) is 0 Å². The molecule has 0 radical (unpaired) electrons. The summed E-state index contributed by atoms with van der Waals surface area (Å²) < 4.78 is 25.3. The highest BCUT2D eigenvalue weighted by molar-refractivity contribution is 7.89. The van der Waals surface area contributed by atoms with Crippen molar-refractivity contribution in [1.82, 2.24) is 9.73 Å². The van der Waals surface area contributed by atoms with Gasteiger partial charge in [-0.3, -0.25) is 9.59 Å². The molecule has 0 aromatic heterocycles. The van der Waals surface area contributed by atoms with Gasteiger partial charge < -0.3 is 5.32 Å². The van der Waals surface area contributed by atoms with Crippen LogP contribution >= 0.6 is 0 Å². The first-order valence-electron chi connectivity index (χ1n) is 8.36. The van der Waals surface area contributed by atoms with Gasteiger partial charge in [-0.1, -0.05) is 29.8 Å². The number of carbonyl (C=O) groups is 2. The van der Waals surface area contributed by atoms with E-state index in [1.165, 1.54) is 26.2 Å². The molecule has 2 N–H and O–H groups in total. The molecule has 0 bridgehead atoms. The third kappa shape index (κ3) is 5.24. The number of aryl methyl sites for hydroxylation is 1. The second-order valence-corrected chi connectivity index (χ2v) is 8.42. The molecule has 2 amide bonds. The molecule has 0 spiro atoms. The topological polar surface area (TPSA) is 108 Å². The van der Waals surface area contributed by atoms with Crippen molar-refractivity contribution < 1.29 is 18.0 Å². The maximum absolute atomic E-state index is 12.1. The van der Waals surface area contributed by atoms with Crippen LogP contribution in [0.15, 0.2) is 58.5 Å². The van der Waals surface area contributed by atoms with E-state index in [1.807, 2.05) is 19.1 Å². The quantitative estimate of drug-likeness (QED) is 0.451. The molecule has 8 nitrogen and oxygen atoms in total. The van der Waals surface area contributed by atoms with Crippen LogP contribution in [0, 0.1) is 6.92 Å². The lowest BCUT2D eigenvalue weighted by Gasteiger charge is -2.11. The molecule has 28 heavy (non-hydrogen) atoms. The molecule has 0 atom stereocenters. The molecular formula is C19H22N4O4S. The van der Waals surface area contributed by atoms with E-state index in [1.54, 1.807) is 31.2 Å². The van der Waals surface area contributed by atoms with E-state index in [-0.39, 0.29) is 4.90 Å². The standard InChI is InChI=1S/C19H22N4O4S/c1-13-5-9-16(10-6-13)20-18(24)19(25)22-21-14(2)15-7-11-17(12-8-15)28(26,27)23(3)4/h5-12H,1-4H3,(H,20,24)(H,22,25)/b21-14-. The van der Waals surface area contributed by atoms with Gasteiger partial charge in [-0.25, -0.2) is 18.1 Å². The Kier molecular flexibility index (Phi) is 6.66. The summed E-state index contributed by atoms with van der Waals surface area (Å²) in [5, 5.41) is 6.37. The third-order valence-electron chi connectivity index (χ3n) is 3.89. The largest absolute Gasteiger partial charge is 0.329 e. The molecule has 2 aromatic rings. The van der Waals surface area contributed by atoms with Crippen LogP contribution in [0.1, 0.15) is 18.1 Å². The van der Waals surface area contributed by atoms with Gasteiger partial charge in [0.25, 0.3) is 0 Å². The molecule has 148 valence electrons. The van der Waals surface area contributed by atoms with E-state index in [4.69, 9.17) is 0 Å². The van der Waals surface area contributed by atoms with Crippen LogP contribution in [-0.4, -0.2) is 44.3 Å². The van der Waals surface area contributed by atoms with Gasteiger partial charge in [0.15, 0.2) is 0 Å². The number of carbonyl (C=O) groups excluding carboxylic acids is 2. The number of hydrogen-bond donors (Lipinski definition) is 2. The summed E-state index contributed by atoms with van der Waals surface area (Å²) in [6.07, 6.45) is 0. The van der Waals surface area contributed by atoms with Gasteiger partial charge in [0.05, 0.1) is 10.6 Å². The molecule has 0 fully saturated rings. The third-order valence-corrected chi connectivity index (χ3v) is 5.72. The Labute approximate surface area is 164 Å². The number of rotatable bonds is 5. The van der Waals surface area contributed by atoms with Crippen molar-refractivity contribution >= 4 is 33.2 Å². The molecule has 0 aliphatic carbocycles. The van der Waals surface area contributed by atoms with E-state index in [0.717, 1.165) is 9.87 Å². The number of sulfonamides is 1. The van der Waals surface area contributed by atoms with Crippen LogP contribution in [0.3, 0.4) is 0 Å². The first-order valence-corrected chi connectivity index (χ1v) is 9.80. The van der Waals surface area contributed by atoms with E-state index < -0.39 is 21.8 Å². The maximum Gasteiger partial charge on any atom is 0.329 e. The maximum atomic E-state index is 12.1. The number of amides is 2. The van der Waals surface area contributed by atoms with Gasteiger partial charge in [-0.15, -0.1) is 0 Å². The predicted molar refractivity (Wildman–Crippen MR) is 107 cm³/mol. The van der Waals surface area contributed by atoms with Gasteiger partial charge in [0, 0.05) is 19.8 Å². The van der Waals surface area contributed by atoms with Gasteiger partial charge in [-0.2, -0.15) is 5.10 Å². The minimum Gasteiger partial charge on any atom is -0.318 e. The summed E-state index contributed by atoms with van der Waals surface area (Å²) in [4.78, 5) is 23.9. The van der Waals surface area contributed by atoms with Crippen molar-refractivity contribution in [3.05, 3.63) is 59.7 Å². The lowest BCUT2D eigenvalue weighted by molar-refractivity contribution is -0.136. The van der Waals surface area contributed by atoms with Crippen LogP contribution in [0.25, 0.3) is 0 Å². The number of hydrazone groups is 1. The fraction of sp³-hybridized carbons (Fsp3) is 0.211. The first kappa shape index (κ1) is 21.3. The van der Waals surface area contributed by atoms with Gasteiger partial charge in [-0.05, 0) is 43.7 Å². The second-order valence-electron chi connectivity index (χ2n) is 6.27. The van der Waals surface area contributed by atoms with Crippen LogP contribution in [0.4, 0.5) is 5.69 Å². The van der Waals surface area contributed by atoms with Gasteiger partial charge in [0.2, 0.25) is 10.0 Å². The van der Waals surface area contributed by atoms with Crippen LogP contribution < -0.4 is 10.7 Å². The molecule has 2 aromatic carbocycles. The summed E-state index contributed by atoms with van der Waals surface area (Å²) >= 11 is 0. The average Bonchev–Trinajstić information content (AvgIpc) is 2.67. The van der Waals surface area contributed by atoms with Crippen LogP contribution in [-0.2, 0) is 19.6 Å². The molecular weight excluding hydrogens is 380 g/mol. The second kappa shape index (κ2) is 8.77. The predicted octanol–water partition coefficient (Wildman–Crippen LogP) is 1.72. The molecule has 0 saturated heterocycles. The summed E-state index contributed by atoms with van der Waals surface area (Å²) in [7, 11) is -0.615. The fourth-order valence-corrected chi connectivity index (χ4v) is 3.06. The molecule has 0 heterocycles. The van der Waals surface area contributed by atoms with Crippen molar-refractivity contribution in [2.75, 3.05) is 19.4 Å². The Morgan fingerprint density at radius 2 is 1.50 bits per heavy atom. The highest BCUT2D eigenvalue weighted by Crippen LogP contribution is 2.14. The summed E-state index contributed by atoms with van der Waals surface area (Å²) in [6, 6.07) is 13.1. The number of anilines is 1. The summed E-state index contributed by atoms with van der Waals surface area (Å²) in [6.45, 7) is 3.55. The number of hydrogen-bond acceptors (Lipinski definition) is 5. The Balaban J connectivity index is 2.02. The monoisotopic (exact) mass is 402 g/mol. The van der Waals surface area contributed by atoms with Crippen molar-refractivity contribution in [1.29, 1.82) is 0 Å². The fourth-order valence-electron chi connectivity index (χ4n) is 2.15. The molecule has 2 rings (SSSR count). The summed E-state index contributed by atoms with van der Waals surface area (Å²) in [5.74, 6) is -1.75. The van der Waals surface area contributed by atoms with Crippen molar-refractivity contribution in [3.63, 3.8) is 0 Å². The Morgan fingerprint density at radius 3 is 2.04 bits per heavy atom. The molecule has 0 aliphatic rings. The van der Waals surface area contributed by atoms with E-state index in [2.05, 4.69) is 15.8 Å². The first-order chi connectivity index (χ1) is 13.1. The van der Waals surface area contributed by atoms with Crippen molar-refractivity contribution in [2.24, 2.45) is 5.10 Å². The van der Waals surface area contributed by atoms with Crippen molar-refractivity contribution in [2.45, 2.75) is 18.7 Å². The summed E-state index contributed by atoms with van der Waals surface area (Å²) in [5.41, 5.74) is 4.75. The highest BCUT2D eigenvalue weighted by Gasteiger charge is 2.17. The van der Waals surface area contributed by atoms with E-state index in [0.29, 0.717) is 17.0 Å². The van der Waals surface area contributed by atoms with E-state index in [9.17, 15) is 18.0 Å². The smallest absolute Gasteiger partial charge is 0.318 e. The molecule has 0 aliphatic heterocycles. The highest BCUT2D eigenvalue weighted by atomic mass is 32.2. The normalized spacial score (nSPS) is 12.0. The Hall–Kier alpha value is -3.04. The zero-order valence-corrected chi connectivity index (χ0v) is 16.9. The molecule has 0 unspecified atom stereocenters. The Bertz CT molecular complexity index is 995. The minimum atomic E-state index is -3.52. The van der Waals surface area contributed by atoms with Gasteiger partial charge >= 0.3 is 11.8 Å². The zero-order valence-electron chi connectivity index (χ0n) is 16.1. The number of nitrogens with zero attached hydrogens (tertiary/aromatic N) is 2. The zero-order chi connectivity index (χ0) is 20.9. The lowest BCUT2D eigenvalue weighted by Crippen LogP contribution is -2.32. The SMILES string of the molecule is C/C(=N/NC(=O)C(=O)Nc1ccc(C)cc1)c1ccc(S(=O)(=O)N(C)C)cc1. The molecule has 0 saturated carbocycles. The average molecular weight is 402 g/mol.